The maximum atomic E-state index is 3.32. The normalized spacial score (nSPS) is 12.4. The predicted octanol–water partition coefficient (Wildman–Crippen LogP) is 4.25. The summed E-state index contributed by atoms with van der Waals surface area (Å²) in [5.74, 6) is 0. The van der Waals surface area contributed by atoms with Crippen molar-refractivity contribution in [3.05, 3.63) is 59.2 Å². The molecule has 0 radical (unpaired) electrons. The Morgan fingerprint density at radius 3 is 2.33 bits per heavy atom. The molecule has 0 fully saturated rings. The van der Waals surface area contributed by atoms with Crippen LogP contribution in [0.15, 0.2) is 42.5 Å². The molecule has 1 nitrogen and oxygen atoms in total. The first-order valence-corrected chi connectivity index (χ1v) is 6.47. The molecule has 0 saturated carbocycles. The molecule has 1 heteroatoms. The molecule has 0 aliphatic heterocycles. The summed E-state index contributed by atoms with van der Waals surface area (Å²) in [7, 11) is 2.00. The van der Waals surface area contributed by atoms with Gasteiger partial charge in [-0.25, -0.2) is 0 Å². The van der Waals surface area contributed by atoms with Crippen LogP contribution in [0, 0.1) is 13.8 Å². The van der Waals surface area contributed by atoms with E-state index in [4.69, 9.17) is 0 Å². The van der Waals surface area contributed by atoms with E-state index in [2.05, 4.69) is 68.6 Å². The van der Waals surface area contributed by atoms with Gasteiger partial charge in [-0.15, -0.1) is 0 Å². The highest BCUT2D eigenvalue weighted by Gasteiger charge is 2.11. The van der Waals surface area contributed by atoms with Crippen LogP contribution in [0.25, 0.3) is 11.1 Å². The monoisotopic (exact) mass is 239 g/mol. The highest BCUT2D eigenvalue weighted by molar-refractivity contribution is 5.71. The van der Waals surface area contributed by atoms with Crippen LogP contribution < -0.4 is 5.32 Å². The molecular formula is C17H21N. The maximum Gasteiger partial charge on any atom is 0.0295 e. The van der Waals surface area contributed by atoms with Crippen LogP contribution in [0.2, 0.25) is 0 Å². The van der Waals surface area contributed by atoms with E-state index in [0.717, 1.165) is 0 Å². The Hall–Kier alpha value is -1.60. The van der Waals surface area contributed by atoms with E-state index in [9.17, 15) is 0 Å². The van der Waals surface area contributed by atoms with Crippen LogP contribution in [0.3, 0.4) is 0 Å². The molecule has 94 valence electrons. The van der Waals surface area contributed by atoms with Gasteiger partial charge in [0, 0.05) is 6.04 Å². The van der Waals surface area contributed by atoms with Crippen LogP contribution in [0.4, 0.5) is 0 Å². The molecule has 0 heterocycles. The number of nitrogens with one attached hydrogen (secondary N) is 1. The van der Waals surface area contributed by atoms with E-state index in [1.165, 1.54) is 27.8 Å². The Balaban J connectivity index is 2.56. The fourth-order valence-electron chi connectivity index (χ4n) is 2.39. The van der Waals surface area contributed by atoms with Gasteiger partial charge in [-0.3, -0.25) is 0 Å². The zero-order chi connectivity index (χ0) is 13.1. The number of rotatable bonds is 3. The standard InChI is InChI=1S/C17H21N/c1-12-9-10-15(13(2)11-12)17-8-6-5-7-16(17)14(3)18-4/h5-11,14,18H,1-4H3. The van der Waals surface area contributed by atoms with E-state index in [1.807, 2.05) is 7.05 Å². The van der Waals surface area contributed by atoms with Crippen LogP contribution in [0.5, 0.6) is 0 Å². The predicted molar refractivity (Wildman–Crippen MR) is 78.8 cm³/mol. The van der Waals surface area contributed by atoms with Gasteiger partial charge in [0.25, 0.3) is 0 Å². The van der Waals surface area contributed by atoms with Crippen LogP contribution >= 0.6 is 0 Å². The van der Waals surface area contributed by atoms with Crippen molar-refractivity contribution >= 4 is 0 Å². The minimum Gasteiger partial charge on any atom is -0.313 e. The van der Waals surface area contributed by atoms with Gasteiger partial charge in [-0.1, -0.05) is 48.0 Å². The summed E-state index contributed by atoms with van der Waals surface area (Å²) in [5.41, 5.74) is 6.67. The van der Waals surface area contributed by atoms with E-state index in [-0.39, 0.29) is 0 Å². The van der Waals surface area contributed by atoms with Crippen molar-refractivity contribution in [1.82, 2.24) is 5.32 Å². The summed E-state index contributed by atoms with van der Waals surface area (Å²) in [6.07, 6.45) is 0. The highest BCUT2D eigenvalue weighted by Crippen LogP contribution is 2.30. The average molecular weight is 239 g/mol. The topological polar surface area (TPSA) is 12.0 Å². The van der Waals surface area contributed by atoms with Crippen LogP contribution in [0.1, 0.15) is 29.7 Å². The van der Waals surface area contributed by atoms with E-state index < -0.39 is 0 Å². The van der Waals surface area contributed by atoms with Gasteiger partial charge >= 0.3 is 0 Å². The van der Waals surface area contributed by atoms with Crippen molar-refractivity contribution in [3.63, 3.8) is 0 Å². The zero-order valence-electron chi connectivity index (χ0n) is 11.6. The third kappa shape index (κ3) is 2.46. The lowest BCUT2D eigenvalue weighted by molar-refractivity contribution is 0.654. The SMILES string of the molecule is CNC(C)c1ccccc1-c1ccc(C)cc1C. The van der Waals surface area contributed by atoms with Gasteiger partial charge in [-0.05, 0) is 50.1 Å². The molecule has 0 aromatic heterocycles. The highest BCUT2D eigenvalue weighted by atomic mass is 14.9. The smallest absolute Gasteiger partial charge is 0.0295 e. The van der Waals surface area contributed by atoms with E-state index >= 15 is 0 Å². The maximum absolute atomic E-state index is 3.32. The summed E-state index contributed by atoms with van der Waals surface area (Å²) in [5, 5.41) is 3.32. The largest absolute Gasteiger partial charge is 0.313 e. The van der Waals surface area contributed by atoms with Crippen LogP contribution in [-0.4, -0.2) is 7.05 Å². The molecule has 1 N–H and O–H groups in total. The van der Waals surface area contributed by atoms with E-state index in [1.54, 1.807) is 0 Å². The number of benzene rings is 2. The fourth-order valence-corrected chi connectivity index (χ4v) is 2.39. The molecule has 0 aliphatic rings. The molecule has 0 saturated heterocycles. The lowest BCUT2D eigenvalue weighted by Crippen LogP contribution is -2.13. The fraction of sp³-hybridized carbons (Fsp3) is 0.294. The summed E-state index contributed by atoms with van der Waals surface area (Å²) >= 11 is 0. The minimum atomic E-state index is 0.363. The van der Waals surface area contributed by atoms with Crippen molar-refractivity contribution in [2.24, 2.45) is 0 Å². The number of aryl methyl sites for hydroxylation is 2. The Morgan fingerprint density at radius 1 is 0.944 bits per heavy atom. The third-order valence-corrected chi connectivity index (χ3v) is 3.53. The molecule has 0 spiro atoms. The van der Waals surface area contributed by atoms with Gasteiger partial charge in [0.2, 0.25) is 0 Å². The first-order valence-electron chi connectivity index (χ1n) is 6.47. The van der Waals surface area contributed by atoms with Gasteiger partial charge in [0.15, 0.2) is 0 Å². The second-order valence-electron chi connectivity index (χ2n) is 4.92. The van der Waals surface area contributed by atoms with Crippen molar-refractivity contribution in [1.29, 1.82) is 0 Å². The Labute approximate surface area is 110 Å². The molecule has 2 rings (SSSR count). The second-order valence-corrected chi connectivity index (χ2v) is 4.92. The quantitative estimate of drug-likeness (QED) is 0.844. The van der Waals surface area contributed by atoms with Gasteiger partial charge in [0.05, 0.1) is 0 Å². The van der Waals surface area contributed by atoms with Crippen molar-refractivity contribution in [2.45, 2.75) is 26.8 Å². The molecule has 18 heavy (non-hydrogen) atoms. The van der Waals surface area contributed by atoms with Crippen LogP contribution in [-0.2, 0) is 0 Å². The average Bonchev–Trinajstić information content (AvgIpc) is 2.38. The lowest BCUT2D eigenvalue weighted by atomic mass is 9.92. The minimum absolute atomic E-state index is 0.363. The van der Waals surface area contributed by atoms with Crippen molar-refractivity contribution in [2.75, 3.05) is 7.05 Å². The summed E-state index contributed by atoms with van der Waals surface area (Å²) in [6, 6.07) is 15.7. The summed E-state index contributed by atoms with van der Waals surface area (Å²) in [4.78, 5) is 0. The molecule has 2 aromatic carbocycles. The molecule has 2 aromatic rings. The second kappa shape index (κ2) is 5.36. The molecule has 0 amide bonds. The van der Waals surface area contributed by atoms with E-state index in [0.29, 0.717) is 6.04 Å². The Morgan fingerprint density at radius 2 is 1.67 bits per heavy atom. The molecule has 0 bridgehead atoms. The lowest BCUT2D eigenvalue weighted by Gasteiger charge is -2.17. The summed E-state index contributed by atoms with van der Waals surface area (Å²) < 4.78 is 0. The molecular weight excluding hydrogens is 218 g/mol. The Kier molecular flexibility index (Phi) is 3.83. The molecule has 1 unspecified atom stereocenters. The summed E-state index contributed by atoms with van der Waals surface area (Å²) in [6.45, 7) is 6.52. The number of hydrogen-bond acceptors (Lipinski definition) is 1. The van der Waals surface area contributed by atoms with Gasteiger partial charge < -0.3 is 5.32 Å². The van der Waals surface area contributed by atoms with Gasteiger partial charge in [0.1, 0.15) is 0 Å². The molecule has 0 aliphatic carbocycles. The van der Waals surface area contributed by atoms with Crippen molar-refractivity contribution in [3.8, 4) is 11.1 Å². The Bertz CT molecular complexity index is 543. The third-order valence-electron chi connectivity index (χ3n) is 3.53. The van der Waals surface area contributed by atoms with Gasteiger partial charge in [-0.2, -0.15) is 0 Å². The molecule has 1 atom stereocenters. The van der Waals surface area contributed by atoms with Crippen molar-refractivity contribution < 1.29 is 0 Å². The number of hydrogen-bond donors (Lipinski definition) is 1. The first kappa shape index (κ1) is 12.8. The zero-order valence-corrected chi connectivity index (χ0v) is 11.6. The first-order chi connectivity index (χ1) is 8.63.